The molecular formula is C18H13F3N4O2S2. The predicted octanol–water partition coefficient (Wildman–Crippen LogP) is 5.00. The molecule has 1 fully saturated rings. The Balaban J connectivity index is 1.48. The van der Waals surface area contributed by atoms with Gasteiger partial charge >= 0.3 is 6.18 Å². The highest BCUT2D eigenvalue weighted by Gasteiger charge is 2.33. The topological polar surface area (TPSA) is 64.3 Å². The van der Waals surface area contributed by atoms with Gasteiger partial charge in [0.05, 0.1) is 33.9 Å². The highest BCUT2D eigenvalue weighted by Crippen LogP contribution is 2.38. The van der Waals surface area contributed by atoms with Crippen LogP contribution in [0.3, 0.4) is 0 Å². The smallest absolute Gasteiger partial charge is 0.377 e. The minimum atomic E-state index is -4.40. The lowest BCUT2D eigenvalue weighted by Crippen LogP contribution is -2.39. The number of thiazole rings is 1. The largest absolute Gasteiger partial charge is 0.416 e. The summed E-state index contributed by atoms with van der Waals surface area (Å²) in [4.78, 5) is 11.8. The second-order valence-corrected chi connectivity index (χ2v) is 8.35. The summed E-state index contributed by atoms with van der Waals surface area (Å²) in [5.74, 6) is 0.892. The molecule has 0 bridgehead atoms. The molecule has 1 aromatic carbocycles. The Labute approximate surface area is 170 Å². The zero-order valence-corrected chi connectivity index (χ0v) is 16.4. The number of rotatable bonds is 3. The van der Waals surface area contributed by atoms with Gasteiger partial charge in [0.25, 0.3) is 5.89 Å². The molecule has 0 radical (unpaired) electrons. The summed E-state index contributed by atoms with van der Waals surface area (Å²) >= 11 is 2.84. The molecule has 4 aromatic rings. The Bertz CT molecular complexity index is 1140. The predicted molar refractivity (Wildman–Crippen MR) is 103 cm³/mol. The van der Waals surface area contributed by atoms with Crippen LogP contribution in [0.25, 0.3) is 20.9 Å². The van der Waals surface area contributed by atoms with Crippen LogP contribution in [0, 0.1) is 0 Å². The second-order valence-electron chi connectivity index (χ2n) is 6.39. The maximum Gasteiger partial charge on any atom is 0.416 e. The number of thiophene rings is 1. The van der Waals surface area contributed by atoms with E-state index >= 15 is 0 Å². The van der Waals surface area contributed by atoms with E-state index in [1.807, 2.05) is 22.4 Å². The van der Waals surface area contributed by atoms with Crippen LogP contribution in [0.15, 0.2) is 40.2 Å². The number of hydrogen-bond acceptors (Lipinski definition) is 8. The molecule has 0 aliphatic carbocycles. The zero-order chi connectivity index (χ0) is 20.0. The van der Waals surface area contributed by atoms with Crippen LogP contribution in [0.4, 0.5) is 18.3 Å². The lowest BCUT2D eigenvalue weighted by atomic mass is 10.2. The number of aromatic nitrogens is 3. The molecular weight excluding hydrogens is 425 g/mol. The van der Waals surface area contributed by atoms with Crippen molar-refractivity contribution in [2.24, 2.45) is 0 Å². The van der Waals surface area contributed by atoms with Crippen molar-refractivity contribution in [2.45, 2.75) is 12.2 Å². The first-order valence-electron chi connectivity index (χ1n) is 8.69. The molecule has 1 aliphatic heterocycles. The van der Waals surface area contributed by atoms with E-state index in [0.717, 1.165) is 17.0 Å². The van der Waals surface area contributed by atoms with Gasteiger partial charge in [0, 0.05) is 6.54 Å². The third kappa shape index (κ3) is 3.49. The monoisotopic (exact) mass is 438 g/mol. The fraction of sp³-hybridized carbons (Fsp3) is 0.278. The Morgan fingerprint density at radius 2 is 2.07 bits per heavy atom. The first-order chi connectivity index (χ1) is 14.0. The van der Waals surface area contributed by atoms with Crippen molar-refractivity contribution < 1.29 is 22.4 Å². The zero-order valence-electron chi connectivity index (χ0n) is 14.7. The first-order valence-corrected chi connectivity index (χ1v) is 10.4. The van der Waals surface area contributed by atoms with Gasteiger partial charge in [0.1, 0.15) is 6.04 Å². The molecule has 29 heavy (non-hydrogen) atoms. The van der Waals surface area contributed by atoms with Crippen molar-refractivity contribution in [3.8, 4) is 10.7 Å². The van der Waals surface area contributed by atoms with Gasteiger partial charge in [-0.2, -0.15) is 18.2 Å². The molecule has 150 valence electrons. The van der Waals surface area contributed by atoms with Gasteiger partial charge in [0.2, 0.25) is 5.82 Å². The van der Waals surface area contributed by atoms with Gasteiger partial charge in [-0.3, -0.25) is 0 Å². The molecule has 0 amide bonds. The van der Waals surface area contributed by atoms with Crippen molar-refractivity contribution in [1.29, 1.82) is 0 Å². The highest BCUT2D eigenvalue weighted by atomic mass is 32.1. The van der Waals surface area contributed by atoms with E-state index < -0.39 is 11.7 Å². The van der Waals surface area contributed by atoms with Crippen LogP contribution < -0.4 is 4.90 Å². The van der Waals surface area contributed by atoms with Gasteiger partial charge in [-0.15, -0.1) is 11.3 Å². The molecule has 3 aromatic heterocycles. The van der Waals surface area contributed by atoms with Gasteiger partial charge < -0.3 is 14.2 Å². The van der Waals surface area contributed by atoms with Crippen LogP contribution in [-0.4, -0.2) is 34.9 Å². The molecule has 6 nitrogen and oxygen atoms in total. The second kappa shape index (κ2) is 7.08. The molecule has 1 aliphatic rings. The normalized spacial score (nSPS) is 17.9. The fourth-order valence-corrected chi connectivity index (χ4v) is 4.80. The number of ether oxygens (including phenoxy) is 1. The minimum absolute atomic E-state index is 0.315. The van der Waals surface area contributed by atoms with Crippen molar-refractivity contribution in [2.75, 3.05) is 24.7 Å². The number of nitrogens with zero attached hydrogens (tertiary/aromatic N) is 4. The van der Waals surface area contributed by atoms with E-state index in [1.165, 1.54) is 28.7 Å². The highest BCUT2D eigenvalue weighted by molar-refractivity contribution is 7.22. The van der Waals surface area contributed by atoms with E-state index in [0.29, 0.717) is 46.8 Å². The molecule has 0 N–H and O–H groups in total. The maximum absolute atomic E-state index is 13.0. The number of hydrogen-bond donors (Lipinski definition) is 0. The molecule has 0 spiro atoms. The number of halogens is 3. The van der Waals surface area contributed by atoms with Crippen molar-refractivity contribution in [1.82, 2.24) is 15.1 Å². The van der Waals surface area contributed by atoms with Crippen LogP contribution in [0.5, 0.6) is 0 Å². The SMILES string of the molecule is FC(F)(F)c1ccc2sc(N3CCOCC3c3nc(-c4cccs4)no3)nc2c1. The van der Waals surface area contributed by atoms with Gasteiger partial charge in [-0.1, -0.05) is 22.6 Å². The Morgan fingerprint density at radius 3 is 2.86 bits per heavy atom. The Hall–Kier alpha value is -2.50. The van der Waals surface area contributed by atoms with Crippen molar-refractivity contribution in [3.63, 3.8) is 0 Å². The van der Waals surface area contributed by atoms with Gasteiger partial charge in [-0.25, -0.2) is 4.98 Å². The lowest BCUT2D eigenvalue weighted by molar-refractivity contribution is -0.137. The number of fused-ring (bicyclic) bond motifs is 1. The number of anilines is 1. The number of benzene rings is 1. The summed E-state index contributed by atoms with van der Waals surface area (Å²) in [6.45, 7) is 1.33. The third-order valence-corrected chi connectivity index (χ3v) is 6.49. The molecule has 4 heterocycles. The van der Waals surface area contributed by atoms with Crippen molar-refractivity contribution in [3.05, 3.63) is 47.2 Å². The van der Waals surface area contributed by atoms with E-state index in [4.69, 9.17) is 9.26 Å². The average molecular weight is 438 g/mol. The summed E-state index contributed by atoms with van der Waals surface area (Å²) in [5.41, 5.74) is -0.396. The third-order valence-electron chi connectivity index (χ3n) is 4.55. The standard InChI is InChI=1S/C18H13F3N4O2S2/c19-18(20,21)10-3-4-13-11(8-10)22-17(29-13)25-5-6-26-9-12(25)16-23-15(24-27-16)14-2-1-7-28-14/h1-4,7-8,12H,5-6,9H2. The summed E-state index contributed by atoms with van der Waals surface area (Å²) in [6, 6.07) is 7.06. The van der Waals surface area contributed by atoms with E-state index in [9.17, 15) is 13.2 Å². The molecule has 1 saturated heterocycles. The van der Waals surface area contributed by atoms with Crippen LogP contribution in [0.1, 0.15) is 17.5 Å². The number of morpholine rings is 1. The van der Waals surface area contributed by atoms with Crippen molar-refractivity contribution >= 4 is 38.0 Å². The molecule has 1 unspecified atom stereocenters. The minimum Gasteiger partial charge on any atom is -0.377 e. The Kier molecular flexibility index (Phi) is 4.52. The lowest BCUT2D eigenvalue weighted by Gasteiger charge is -2.32. The fourth-order valence-electron chi connectivity index (χ4n) is 3.13. The Morgan fingerprint density at radius 1 is 1.17 bits per heavy atom. The summed E-state index contributed by atoms with van der Waals surface area (Å²) < 4.78 is 50.7. The maximum atomic E-state index is 13.0. The molecule has 1 atom stereocenters. The molecule has 5 rings (SSSR count). The summed E-state index contributed by atoms with van der Waals surface area (Å²) in [6.07, 6.45) is -4.40. The average Bonchev–Trinajstić information content (AvgIpc) is 3.46. The van der Waals surface area contributed by atoms with Gasteiger partial charge in [-0.05, 0) is 29.6 Å². The van der Waals surface area contributed by atoms with Crippen LogP contribution >= 0.6 is 22.7 Å². The van der Waals surface area contributed by atoms with E-state index in [1.54, 1.807) is 0 Å². The first kappa shape index (κ1) is 18.5. The summed E-state index contributed by atoms with van der Waals surface area (Å²) in [7, 11) is 0. The van der Waals surface area contributed by atoms with E-state index in [2.05, 4.69) is 15.1 Å². The van der Waals surface area contributed by atoms with E-state index in [-0.39, 0.29) is 6.04 Å². The van der Waals surface area contributed by atoms with Crippen LogP contribution in [-0.2, 0) is 10.9 Å². The summed E-state index contributed by atoms with van der Waals surface area (Å²) in [5, 5.41) is 6.57. The molecule has 0 saturated carbocycles. The molecule has 11 heteroatoms. The van der Waals surface area contributed by atoms with Gasteiger partial charge in [0.15, 0.2) is 5.13 Å². The number of alkyl halides is 3. The van der Waals surface area contributed by atoms with Crippen LogP contribution in [0.2, 0.25) is 0 Å². The quantitative estimate of drug-likeness (QED) is 0.448.